The van der Waals surface area contributed by atoms with Gasteiger partial charge in [0.25, 0.3) is 0 Å². The van der Waals surface area contributed by atoms with Crippen LogP contribution in [0.3, 0.4) is 0 Å². The van der Waals surface area contributed by atoms with E-state index in [9.17, 15) is 14.4 Å². The summed E-state index contributed by atoms with van der Waals surface area (Å²) < 4.78 is 4.62. The quantitative estimate of drug-likeness (QED) is 0.507. The number of carbonyl (C=O) groups is 2. The van der Waals surface area contributed by atoms with E-state index >= 15 is 0 Å². The first-order valence-corrected chi connectivity index (χ1v) is 6.07. The van der Waals surface area contributed by atoms with Gasteiger partial charge in [0.1, 0.15) is 6.04 Å². The molecule has 1 aromatic rings. The van der Waals surface area contributed by atoms with Crippen LogP contribution in [0.1, 0.15) is 12.5 Å². The van der Waals surface area contributed by atoms with Crippen molar-refractivity contribution >= 4 is 35.2 Å². The van der Waals surface area contributed by atoms with Gasteiger partial charge in [-0.3, -0.25) is 4.79 Å². The SMILES string of the molecule is COC(=O)C(Cc1cc(N=C=O)ccc1Cl)NC(C)=O. The number of hydrogen-bond donors (Lipinski definition) is 1. The summed E-state index contributed by atoms with van der Waals surface area (Å²) in [6.07, 6.45) is 1.55. The zero-order chi connectivity index (χ0) is 15.1. The highest BCUT2D eigenvalue weighted by atomic mass is 35.5. The first-order chi connectivity index (χ1) is 9.47. The smallest absolute Gasteiger partial charge is 0.328 e. The van der Waals surface area contributed by atoms with Crippen LogP contribution in [-0.4, -0.2) is 31.1 Å². The fourth-order valence-electron chi connectivity index (χ4n) is 1.64. The maximum Gasteiger partial charge on any atom is 0.328 e. The van der Waals surface area contributed by atoms with Gasteiger partial charge < -0.3 is 10.1 Å². The van der Waals surface area contributed by atoms with Crippen LogP contribution in [0, 0.1) is 0 Å². The van der Waals surface area contributed by atoms with Crippen LogP contribution < -0.4 is 5.32 Å². The molecule has 1 atom stereocenters. The van der Waals surface area contributed by atoms with Gasteiger partial charge in [0.15, 0.2) is 0 Å². The van der Waals surface area contributed by atoms with Gasteiger partial charge in [-0.05, 0) is 23.8 Å². The third-order valence-electron chi connectivity index (χ3n) is 2.49. The summed E-state index contributed by atoms with van der Waals surface area (Å²) in [4.78, 5) is 36.4. The molecule has 0 spiro atoms. The molecule has 0 bridgehead atoms. The van der Waals surface area contributed by atoms with Gasteiger partial charge in [-0.25, -0.2) is 9.59 Å². The van der Waals surface area contributed by atoms with Crippen LogP contribution in [0.25, 0.3) is 0 Å². The van der Waals surface area contributed by atoms with Crippen molar-refractivity contribution in [3.8, 4) is 0 Å². The van der Waals surface area contributed by atoms with Crippen molar-refractivity contribution in [2.75, 3.05) is 7.11 Å². The molecule has 0 aliphatic heterocycles. The minimum atomic E-state index is -0.856. The van der Waals surface area contributed by atoms with Gasteiger partial charge in [-0.15, -0.1) is 0 Å². The summed E-state index contributed by atoms with van der Waals surface area (Å²) in [5.41, 5.74) is 0.929. The Morgan fingerprint density at radius 2 is 2.20 bits per heavy atom. The molecule has 7 heteroatoms. The lowest BCUT2D eigenvalue weighted by molar-refractivity contribution is -0.144. The number of aliphatic imine (C=N–C) groups is 1. The second kappa shape index (κ2) is 7.43. The Morgan fingerprint density at radius 3 is 2.75 bits per heavy atom. The average molecular weight is 297 g/mol. The van der Waals surface area contributed by atoms with Crippen molar-refractivity contribution in [2.45, 2.75) is 19.4 Å². The Labute approximate surface area is 120 Å². The molecular formula is C13H13ClN2O4. The third-order valence-corrected chi connectivity index (χ3v) is 2.86. The molecular weight excluding hydrogens is 284 g/mol. The van der Waals surface area contributed by atoms with Crippen molar-refractivity contribution in [3.63, 3.8) is 0 Å². The van der Waals surface area contributed by atoms with Gasteiger partial charge in [0, 0.05) is 18.4 Å². The van der Waals surface area contributed by atoms with E-state index in [1.807, 2.05) is 0 Å². The van der Waals surface area contributed by atoms with Gasteiger partial charge in [0.05, 0.1) is 12.8 Å². The highest BCUT2D eigenvalue weighted by Crippen LogP contribution is 2.23. The first-order valence-electron chi connectivity index (χ1n) is 5.69. The maximum absolute atomic E-state index is 11.6. The summed E-state index contributed by atoms with van der Waals surface area (Å²) in [5, 5.41) is 2.87. The van der Waals surface area contributed by atoms with Crippen LogP contribution >= 0.6 is 11.6 Å². The van der Waals surface area contributed by atoms with Gasteiger partial charge >= 0.3 is 5.97 Å². The highest BCUT2D eigenvalue weighted by Gasteiger charge is 2.21. The van der Waals surface area contributed by atoms with Crippen LogP contribution in [0.5, 0.6) is 0 Å². The van der Waals surface area contributed by atoms with E-state index in [-0.39, 0.29) is 12.3 Å². The Kier molecular flexibility index (Phi) is 5.90. The number of esters is 1. The van der Waals surface area contributed by atoms with Gasteiger partial charge in [-0.1, -0.05) is 11.6 Å². The molecule has 0 saturated carbocycles. The van der Waals surface area contributed by atoms with Crippen LogP contribution in [0.2, 0.25) is 5.02 Å². The molecule has 0 aromatic heterocycles. The van der Waals surface area contributed by atoms with Crippen molar-refractivity contribution < 1.29 is 19.1 Å². The standard InChI is InChI=1S/C13H13ClN2O4/c1-8(18)16-12(13(19)20-2)6-9-5-10(15-7-17)3-4-11(9)14/h3-5,12H,6H2,1-2H3,(H,16,18). The van der Waals surface area contributed by atoms with Crippen molar-refractivity contribution in [3.05, 3.63) is 28.8 Å². The monoisotopic (exact) mass is 296 g/mol. The van der Waals surface area contributed by atoms with E-state index < -0.39 is 12.0 Å². The number of nitrogens with zero attached hydrogens (tertiary/aromatic N) is 1. The predicted molar refractivity (Wildman–Crippen MR) is 72.6 cm³/mol. The Hall–Kier alpha value is -2.17. The zero-order valence-corrected chi connectivity index (χ0v) is 11.7. The van der Waals surface area contributed by atoms with Crippen molar-refractivity contribution in [1.29, 1.82) is 0 Å². The lowest BCUT2D eigenvalue weighted by Gasteiger charge is -2.16. The van der Waals surface area contributed by atoms with E-state index in [0.29, 0.717) is 16.3 Å². The summed E-state index contributed by atoms with van der Waals surface area (Å²) in [5.74, 6) is -0.945. The molecule has 1 rings (SSSR count). The van der Waals surface area contributed by atoms with E-state index in [4.69, 9.17) is 11.6 Å². The normalized spacial score (nSPS) is 11.2. The van der Waals surface area contributed by atoms with E-state index in [1.165, 1.54) is 20.1 Å². The molecule has 0 radical (unpaired) electrons. The summed E-state index contributed by atoms with van der Waals surface area (Å²) >= 11 is 6.02. The lowest BCUT2D eigenvalue weighted by Crippen LogP contribution is -2.42. The number of carbonyl (C=O) groups excluding carboxylic acids is 3. The van der Waals surface area contributed by atoms with Gasteiger partial charge in [-0.2, -0.15) is 4.99 Å². The van der Waals surface area contributed by atoms with Crippen LogP contribution in [-0.2, 0) is 25.5 Å². The topological polar surface area (TPSA) is 84.8 Å². The molecule has 1 aromatic carbocycles. The first kappa shape index (κ1) is 15.9. The number of methoxy groups -OCH3 is 1. The number of ether oxygens (including phenoxy) is 1. The second-order valence-corrected chi connectivity index (χ2v) is 4.37. The minimum Gasteiger partial charge on any atom is -0.467 e. The van der Waals surface area contributed by atoms with Crippen LogP contribution in [0.15, 0.2) is 23.2 Å². The van der Waals surface area contributed by atoms with E-state index in [2.05, 4.69) is 15.0 Å². The molecule has 6 nitrogen and oxygen atoms in total. The molecule has 106 valence electrons. The van der Waals surface area contributed by atoms with E-state index in [1.54, 1.807) is 18.2 Å². The summed E-state index contributed by atoms with van der Waals surface area (Å²) in [7, 11) is 1.23. The molecule has 1 N–H and O–H groups in total. The van der Waals surface area contributed by atoms with Crippen molar-refractivity contribution in [1.82, 2.24) is 5.32 Å². The fourth-order valence-corrected chi connectivity index (χ4v) is 1.84. The number of benzene rings is 1. The van der Waals surface area contributed by atoms with E-state index in [0.717, 1.165) is 0 Å². The van der Waals surface area contributed by atoms with Crippen LogP contribution in [0.4, 0.5) is 5.69 Å². The molecule has 0 fully saturated rings. The number of amides is 1. The lowest BCUT2D eigenvalue weighted by atomic mass is 10.0. The number of nitrogens with one attached hydrogen (secondary N) is 1. The van der Waals surface area contributed by atoms with Crippen molar-refractivity contribution in [2.24, 2.45) is 4.99 Å². The minimum absolute atomic E-state index is 0.132. The Bertz CT molecular complexity index is 567. The molecule has 1 amide bonds. The highest BCUT2D eigenvalue weighted by molar-refractivity contribution is 6.31. The number of hydrogen-bond acceptors (Lipinski definition) is 5. The number of halogens is 1. The second-order valence-electron chi connectivity index (χ2n) is 3.96. The largest absolute Gasteiger partial charge is 0.467 e. The van der Waals surface area contributed by atoms with Gasteiger partial charge in [0.2, 0.25) is 12.0 Å². The predicted octanol–water partition coefficient (Wildman–Crippen LogP) is 1.53. The molecule has 1 unspecified atom stereocenters. The third kappa shape index (κ3) is 4.50. The molecule has 0 saturated heterocycles. The zero-order valence-electron chi connectivity index (χ0n) is 11.0. The number of isocyanates is 1. The fraction of sp³-hybridized carbons (Fsp3) is 0.308. The molecule has 20 heavy (non-hydrogen) atoms. The molecule has 0 aliphatic carbocycles. The Morgan fingerprint density at radius 1 is 1.50 bits per heavy atom. The maximum atomic E-state index is 11.6. The molecule has 0 heterocycles. The number of rotatable bonds is 5. The Balaban J connectivity index is 3.03. The summed E-state index contributed by atoms with van der Waals surface area (Å²) in [6, 6.07) is 3.79. The molecule has 0 aliphatic rings. The summed E-state index contributed by atoms with van der Waals surface area (Å²) in [6.45, 7) is 1.30. The average Bonchev–Trinajstić information content (AvgIpc) is 2.40.